The van der Waals surface area contributed by atoms with E-state index in [2.05, 4.69) is 91.8 Å². The monoisotopic (exact) mass is 815 g/mol. The Labute approximate surface area is 315 Å². The van der Waals surface area contributed by atoms with Gasteiger partial charge in [0.2, 0.25) is 0 Å². The van der Waals surface area contributed by atoms with Crippen LogP contribution in [0.25, 0.3) is 10.6 Å². The van der Waals surface area contributed by atoms with Gasteiger partial charge >= 0.3 is 73.5 Å². The van der Waals surface area contributed by atoms with E-state index in [4.69, 9.17) is 51.0 Å². The summed E-state index contributed by atoms with van der Waals surface area (Å²) in [6, 6.07) is 0. The second-order valence-corrected chi connectivity index (χ2v) is 20.6. The van der Waals surface area contributed by atoms with Crippen LogP contribution in [0.3, 0.4) is 0 Å². The molecule has 3 nitrogen and oxygen atoms in total. The summed E-state index contributed by atoms with van der Waals surface area (Å²) in [6.07, 6.45) is 21.7. The Bertz CT molecular complexity index is 808. The Morgan fingerprint density at radius 2 is 1.18 bits per heavy atom. The van der Waals surface area contributed by atoms with E-state index < -0.39 is 37.9 Å². The van der Waals surface area contributed by atoms with E-state index in [-0.39, 0.29) is 25.9 Å². The third kappa shape index (κ3) is 22.1. The molecule has 262 valence electrons. The zero-order valence-corrected chi connectivity index (χ0v) is 36.7. The van der Waals surface area contributed by atoms with Gasteiger partial charge in [0.25, 0.3) is 0 Å². The van der Waals surface area contributed by atoms with Crippen LogP contribution in [0.1, 0.15) is 93.9 Å². The average Bonchev–Trinajstić information content (AvgIpc) is 3.68. The Morgan fingerprint density at radius 1 is 0.800 bits per heavy atom. The fraction of sp³-hybridized carbons (Fsp3) is 0.694. The Morgan fingerprint density at radius 3 is 1.44 bits per heavy atom. The molecular weight excluding hydrogens is 757 g/mol. The summed E-state index contributed by atoms with van der Waals surface area (Å²) in [5.74, 6) is 4.93. The number of hydrogen-bond acceptors (Lipinski definition) is 1. The first kappa shape index (κ1) is 48.7. The third-order valence-corrected chi connectivity index (χ3v) is 8.16. The fourth-order valence-electron chi connectivity index (χ4n) is 6.25. The van der Waals surface area contributed by atoms with Crippen molar-refractivity contribution in [1.29, 1.82) is 0 Å². The fourth-order valence-corrected chi connectivity index (χ4v) is 6.25. The minimum absolute atomic E-state index is 0. The Kier molecular flexibility index (Phi) is 28.6. The molecule has 9 heteroatoms. The molecule has 6 unspecified atom stereocenters. The molecule has 2 saturated carbocycles. The maximum absolute atomic E-state index is 4.93. The predicted molar refractivity (Wildman–Crippen MR) is 197 cm³/mol. The van der Waals surface area contributed by atoms with E-state index >= 15 is 0 Å². The summed E-state index contributed by atoms with van der Waals surface area (Å²) in [4.78, 5) is 0. The molecule has 0 aromatic heterocycles. The molecule has 0 bridgehead atoms. The van der Waals surface area contributed by atoms with Gasteiger partial charge < -0.3 is 30.2 Å². The molecule has 0 radical (unpaired) electrons. The summed E-state index contributed by atoms with van der Waals surface area (Å²) in [5, 5.41) is 9.53. The molecule has 0 N–H and O–H groups in total. The van der Waals surface area contributed by atoms with Crippen LogP contribution in [-0.4, -0.2) is 30.8 Å². The van der Waals surface area contributed by atoms with E-state index in [0.29, 0.717) is 0 Å². The molecule has 1 heterocycles. The molecule has 0 aromatic rings. The van der Waals surface area contributed by atoms with Crippen LogP contribution < -0.4 is 0 Å². The summed E-state index contributed by atoms with van der Waals surface area (Å²) in [7, 11) is 19.6. The van der Waals surface area contributed by atoms with Gasteiger partial charge in [-0.05, 0) is 61.2 Å². The molecule has 1 aliphatic heterocycles. The Hall–Kier alpha value is 1.60. The number of fused-ring (bicyclic) bond motifs is 2. The van der Waals surface area contributed by atoms with Crippen molar-refractivity contribution < 1.29 is 42.6 Å². The molecule has 0 spiro atoms. The standard InChI is InChI=1S/2C15H24N.C4H7O.2CH3.4ClH.Ti.Zr/c2*1-11-8-12-6-5-7-13(14(12)9-11)10-16-15(2,3)4;1-2-4-5-3-1;;;;;;;;/h2*5-7,11-12,14H,8-10H2,1-4H3;3H,1-2,4H2;2*1H3;4*1H;;/q5*-1;;;;;2*+2/p-4. The zero-order valence-electron chi connectivity index (χ0n) is 29.7. The Balaban J connectivity index is 0. The SMILES string of the molecule is CC1CC2C=CC=C(C[N-]C(C)(C)C)C2C1.CC1CC2C=CC=C(C[N-]C(C)(C)C)C2C1.[CH-]1CCCO1.[CH3-].[CH3-].[Cl][Ti][Cl].[Cl][Zr][Cl]. The van der Waals surface area contributed by atoms with Crippen molar-refractivity contribution in [2.45, 2.75) is 105 Å². The molecule has 0 amide bonds. The van der Waals surface area contributed by atoms with E-state index in [0.717, 1.165) is 61.6 Å². The van der Waals surface area contributed by atoms with Crippen molar-refractivity contribution in [1.82, 2.24) is 0 Å². The quantitative estimate of drug-likeness (QED) is 0.206. The van der Waals surface area contributed by atoms with E-state index in [1.54, 1.807) is 11.1 Å². The van der Waals surface area contributed by atoms with Crippen molar-refractivity contribution in [3.63, 3.8) is 0 Å². The van der Waals surface area contributed by atoms with Crippen LogP contribution in [0.4, 0.5) is 0 Å². The second kappa shape index (κ2) is 26.4. The first-order valence-electron chi connectivity index (χ1n) is 15.7. The van der Waals surface area contributed by atoms with Crippen molar-refractivity contribution in [3.05, 3.63) is 79.7 Å². The number of rotatable bonds is 4. The summed E-state index contributed by atoms with van der Waals surface area (Å²) in [6.45, 7) is 22.5. The first-order chi connectivity index (χ1) is 20.2. The molecule has 3 fully saturated rings. The molecule has 0 aromatic carbocycles. The summed E-state index contributed by atoms with van der Waals surface area (Å²) >= 11 is -1.38. The van der Waals surface area contributed by atoms with Gasteiger partial charge in [-0.15, -0.1) is 24.2 Å². The number of halogens is 4. The first-order valence-corrected chi connectivity index (χ1v) is 26.3. The van der Waals surface area contributed by atoms with E-state index in [1.807, 2.05) is 6.61 Å². The van der Waals surface area contributed by atoms with Gasteiger partial charge in [0.15, 0.2) is 0 Å². The van der Waals surface area contributed by atoms with Crippen LogP contribution in [0.5, 0.6) is 0 Å². The van der Waals surface area contributed by atoms with Crippen LogP contribution in [0.15, 0.2) is 47.6 Å². The predicted octanol–water partition coefficient (Wildman–Crippen LogP) is 13.2. The molecule has 4 aliphatic carbocycles. The van der Waals surface area contributed by atoms with Gasteiger partial charge in [-0.1, -0.05) is 109 Å². The van der Waals surface area contributed by atoms with Gasteiger partial charge in [-0.3, -0.25) is 0 Å². The van der Waals surface area contributed by atoms with Gasteiger partial charge in [0.05, 0.1) is 0 Å². The number of hydrogen-bond donors (Lipinski definition) is 0. The van der Waals surface area contributed by atoms with Crippen molar-refractivity contribution in [2.24, 2.45) is 35.5 Å². The van der Waals surface area contributed by atoms with Crippen LogP contribution in [0.2, 0.25) is 0 Å². The molecule has 45 heavy (non-hydrogen) atoms. The zero-order chi connectivity index (χ0) is 32.5. The summed E-state index contributed by atoms with van der Waals surface area (Å²) in [5.41, 5.74) is 3.32. The topological polar surface area (TPSA) is 37.4 Å². The van der Waals surface area contributed by atoms with Gasteiger partial charge in [0, 0.05) is 6.61 Å². The minimum atomic E-state index is -0.826. The van der Waals surface area contributed by atoms with Crippen LogP contribution in [-0.2, 0) is 42.6 Å². The molecule has 1 saturated heterocycles. The molecule has 5 aliphatic rings. The maximum atomic E-state index is 4.93. The van der Waals surface area contributed by atoms with Gasteiger partial charge in [-0.2, -0.15) is 6.42 Å². The number of ether oxygens (including phenoxy) is 1. The molecular formula is C36H61Cl4N2OTiZr-5. The number of allylic oxidation sites excluding steroid dienone is 6. The molecule has 5 rings (SSSR count). The van der Waals surface area contributed by atoms with Crippen LogP contribution in [0, 0.1) is 57.0 Å². The van der Waals surface area contributed by atoms with E-state index in [1.165, 1.54) is 32.1 Å². The van der Waals surface area contributed by atoms with E-state index in [9.17, 15) is 0 Å². The normalized spacial score (nSPS) is 27.3. The second-order valence-electron chi connectivity index (χ2n) is 14.2. The van der Waals surface area contributed by atoms with Gasteiger partial charge in [0.1, 0.15) is 0 Å². The third-order valence-electron chi connectivity index (χ3n) is 8.16. The van der Waals surface area contributed by atoms with Crippen molar-refractivity contribution >= 4 is 35.6 Å². The van der Waals surface area contributed by atoms with Gasteiger partial charge in [-0.25, -0.2) is 6.61 Å². The molecule has 6 atom stereocenters. The summed E-state index contributed by atoms with van der Waals surface area (Å²) < 4.78 is 4.82. The average molecular weight is 819 g/mol. The van der Waals surface area contributed by atoms with Crippen molar-refractivity contribution in [2.75, 3.05) is 19.7 Å². The van der Waals surface area contributed by atoms with Crippen LogP contribution >= 0.6 is 35.6 Å². The number of nitrogens with zero attached hydrogens (tertiary/aromatic N) is 2. The van der Waals surface area contributed by atoms with Crippen molar-refractivity contribution in [3.8, 4) is 0 Å².